The monoisotopic (exact) mass is 394 g/mol. The van der Waals surface area contributed by atoms with Crippen LogP contribution < -0.4 is 10.1 Å². The summed E-state index contributed by atoms with van der Waals surface area (Å²) in [4.78, 5) is 16.8. The van der Waals surface area contributed by atoms with Gasteiger partial charge in [-0.25, -0.2) is 0 Å². The highest BCUT2D eigenvalue weighted by Gasteiger charge is 2.04. The summed E-state index contributed by atoms with van der Waals surface area (Å²) in [6, 6.07) is 12.7. The van der Waals surface area contributed by atoms with Crippen LogP contribution in [0, 0.1) is 0 Å². The SMILES string of the molecule is CCOc1ccccc1/C=N/OCC(=O)NCCc1ccc(Cl)cc1Cl. The summed E-state index contributed by atoms with van der Waals surface area (Å²) in [6.07, 6.45) is 2.12. The van der Waals surface area contributed by atoms with Gasteiger partial charge in [-0.1, -0.05) is 46.6 Å². The lowest BCUT2D eigenvalue weighted by Gasteiger charge is -2.07. The highest BCUT2D eigenvalue weighted by molar-refractivity contribution is 6.35. The molecule has 138 valence electrons. The zero-order valence-electron chi connectivity index (χ0n) is 14.4. The zero-order chi connectivity index (χ0) is 18.8. The molecule has 2 rings (SSSR count). The number of ether oxygens (including phenoxy) is 1. The molecule has 7 heteroatoms. The van der Waals surface area contributed by atoms with E-state index in [1.807, 2.05) is 37.3 Å². The summed E-state index contributed by atoms with van der Waals surface area (Å²) in [5.41, 5.74) is 1.70. The molecular formula is C19H20Cl2N2O3. The minimum Gasteiger partial charge on any atom is -0.493 e. The average Bonchev–Trinajstić information content (AvgIpc) is 2.62. The Morgan fingerprint density at radius 3 is 2.81 bits per heavy atom. The van der Waals surface area contributed by atoms with Crippen LogP contribution in [0.3, 0.4) is 0 Å². The van der Waals surface area contributed by atoms with Gasteiger partial charge in [-0.3, -0.25) is 4.79 Å². The minimum atomic E-state index is -0.259. The number of hydrogen-bond donors (Lipinski definition) is 1. The molecule has 2 aromatic rings. The number of halogens is 2. The van der Waals surface area contributed by atoms with E-state index in [9.17, 15) is 4.79 Å². The van der Waals surface area contributed by atoms with Crippen LogP contribution in [0.2, 0.25) is 10.0 Å². The van der Waals surface area contributed by atoms with Gasteiger partial charge in [-0.2, -0.15) is 0 Å². The van der Waals surface area contributed by atoms with Crippen LogP contribution >= 0.6 is 23.2 Å². The van der Waals surface area contributed by atoms with E-state index in [0.717, 1.165) is 11.1 Å². The van der Waals surface area contributed by atoms with Gasteiger partial charge in [0.25, 0.3) is 5.91 Å². The molecule has 0 spiro atoms. The number of hydrogen-bond acceptors (Lipinski definition) is 4. The number of carbonyl (C=O) groups excluding carboxylic acids is 1. The van der Waals surface area contributed by atoms with Crippen molar-refractivity contribution in [2.24, 2.45) is 5.16 Å². The number of carbonyl (C=O) groups is 1. The first-order valence-corrected chi connectivity index (χ1v) is 8.93. The van der Waals surface area contributed by atoms with E-state index in [1.165, 1.54) is 6.21 Å². The first-order valence-electron chi connectivity index (χ1n) is 8.18. The number of nitrogens with one attached hydrogen (secondary N) is 1. The fourth-order valence-electron chi connectivity index (χ4n) is 2.18. The first-order chi connectivity index (χ1) is 12.6. The van der Waals surface area contributed by atoms with Gasteiger partial charge in [0.05, 0.1) is 12.8 Å². The fourth-order valence-corrected chi connectivity index (χ4v) is 2.68. The van der Waals surface area contributed by atoms with E-state index in [2.05, 4.69) is 10.5 Å². The van der Waals surface area contributed by atoms with E-state index in [4.69, 9.17) is 32.8 Å². The van der Waals surface area contributed by atoms with Crippen molar-refractivity contribution in [2.45, 2.75) is 13.3 Å². The summed E-state index contributed by atoms with van der Waals surface area (Å²) in [7, 11) is 0. The number of oxime groups is 1. The molecule has 0 atom stereocenters. The lowest BCUT2D eigenvalue weighted by atomic mass is 10.1. The molecule has 2 aromatic carbocycles. The third-order valence-corrected chi connectivity index (χ3v) is 4.00. The number of nitrogens with zero attached hydrogens (tertiary/aromatic N) is 1. The van der Waals surface area contributed by atoms with E-state index in [1.54, 1.807) is 12.1 Å². The highest BCUT2D eigenvalue weighted by Crippen LogP contribution is 2.21. The Hall–Kier alpha value is -2.24. The number of amides is 1. The Morgan fingerprint density at radius 1 is 1.23 bits per heavy atom. The van der Waals surface area contributed by atoms with Crippen LogP contribution in [0.5, 0.6) is 5.75 Å². The molecule has 0 fully saturated rings. The molecule has 0 aliphatic heterocycles. The second-order valence-electron chi connectivity index (χ2n) is 5.31. The molecule has 0 bridgehead atoms. The normalized spacial score (nSPS) is 10.7. The molecule has 0 saturated carbocycles. The second kappa shape index (κ2) is 10.7. The van der Waals surface area contributed by atoms with Crippen molar-refractivity contribution >= 4 is 35.3 Å². The summed E-state index contributed by atoms with van der Waals surface area (Å²) < 4.78 is 5.48. The molecule has 0 unspecified atom stereocenters. The van der Waals surface area contributed by atoms with Crippen LogP contribution in [0.1, 0.15) is 18.1 Å². The summed E-state index contributed by atoms with van der Waals surface area (Å²) >= 11 is 11.9. The molecule has 1 amide bonds. The van der Waals surface area contributed by atoms with Crippen molar-refractivity contribution in [3.05, 3.63) is 63.6 Å². The molecule has 0 radical (unpaired) electrons. The van der Waals surface area contributed by atoms with Gasteiger partial charge < -0.3 is 14.9 Å². The van der Waals surface area contributed by atoms with Crippen LogP contribution in [-0.2, 0) is 16.1 Å². The number of rotatable bonds is 9. The molecular weight excluding hydrogens is 375 g/mol. The van der Waals surface area contributed by atoms with Crippen molar-refractivity contribution < 1.29 is 14.4 Å². The Balaban J connectivity index is 1.72. The quantitative estimate of drug-likeness (QED) is 0.514. The van der Waals surface area contributed by atoms with Crippen LogP contribution in [-0.4, -0.2) is 31.9 Å². The van der Waals surface area contributed by atoms with Crippen LogP contribution in [0.15, 0.2) is 47.6 Å². The van der Waals surface area contributed by atoms with Crippen molar-refractivity contribution in [1.82, 2.24) is 5.32 Å². The van der Waals surface area contributed by atoms with Gasteiger partial charge in [0.1, 0.15) is 5.75 Å². The molecule has 0 heterocycles. The van der Waals surface area contributed by atoms with Crippen molar-refractivity contribution in [3.63, 3.8) is 0 Å². The molecule has 0 aromatic heterocycles. The second-order valence-corrected chi connectivity index (χ2v) is 6.16. The maximum Gasteiger partial charge on any atom is 0.260 e. The molecule has 0 saturated heterocycles. The molecule has 0 aliphatic rings. The van der Waals surface area contributed by atoms with Crippen LogP contribution in [0.4, 0.5) is 0 Å². The van der Waals surface area contributed by atoms with E-state index < -0.39 is 0 Å². The van der Waals surface area contributed by atoms with Crippen molar-refractivity contribution in [1.29, 1.82) is 0 Å². The van der Waals surface area contributed by atoms with Crippen LogP contribution in [0.25, 0.3) is 0 Å². The lowest BCUT2D eigenvalue weighted by Crippen LogP contribution is -2.28. The molecule has 26 heavy (non-hydrogen) atoms. The topological polar surface area (TPSA) is 59.9 Å². The van der Waals surface area contributed by atoms with Gasteiger partial charge in [0.15, 0.2) is 6.61 Å². The average molecular weight is 395 g/mol. The van der Waals surface area contributed by atoms with Gasteiger partial charge in [0.2, 0.25) is 0 Å². The van der Waals surface area contributed by atoms with E-state index >= 15 is 0 Å². The number of para-hydroxylation sites is 1. The molecule has 5 nitrogen and oxygen atoms in total. The Kier molecular flexibility index (Phi) is 8.25. The Labute approximate surface area is 162 Å². The molecule has 0 aliphatic carbocycles. The van der Waals surface area contributed by atoms with Crippen molar-refractivity contribution in [2.75, 3.05) is 19.8 Å². The maximum absolute atomic E-state index is 11.8. The summed E-state index contributed by atoms with van der Waals surface area (Å²) in [6.45, 7) is 2.75. The predicted molar refractivity (Wildman–Crippen MR) is 104 cm³/mol. The van der Waals surface area contributed by atoms with Gasteiger partial charge in [0, 0.05) is 22.2 Å². The first kappa shape index (κ1) is 20.1. The zero-order valence-corrected chi connectivity index (χ0v) is 15.9. The highest BCUT2D eigenvalue weighted by atomic mass is 35.5. The minimum absolute atomic E-state index is 0.165. The maximum atomic E-state index is 11.8. The lowest BCUT2D eigenvalue weighted by molar-refractivity contribution is -0.125. The Bertz CT molecular complexity index is 766. The Morgan fingerprint density at radius 2 is 2.04 bits per heavy atom. The smallest absolute Gasteiger partial charge is 0.260 e. The van der Waals surface area contributed by atoms with E-state index in [-0.39, 0.29) is 12.5 Å². The van der Waals surface area contributed by atoms with E-state index in [0.29, 0.717) is 35.4 Å². The third-order valence-electron chi connectivity index (χ3n) is 3.41. The fraction of sp³-hybridized carbons (Fsp3) is 0.263. The van der Waals surface area contributed by atoms with Gasteiger partial charge in [-0.05, 0) is 43.2 Å². The summed E-state index contributed by atoms with van der Waals surface area (Å²) in [5.74, 6) is 0.456. The van der Waals surface area contributed by atoms with Gasteiger partial charge >= 0.3 is 0 Å². The largest absolute Gasteiger partial charge is 0.493 e. The predicted octanol–water partition coefficient (Wildman–Crippen LogP) is 4.10. The summed E-state index contributed by atoms with van der Waals surface area (Å²) in [5, 5.41) is 7.73. The standard InChI is InChI=1S/C19H20Cl2N2O3/c1-2-25-18-6-4-3-5-15(18)12-23-26-13-19(24)22-10-9-14-7-8-16(20)11-17(14)21/h3-8,11-12H,2,9-10,13H2,1H3,(H,22,24)/b23-12+. The number of benzene rings is 2. The third kappa shape index (κ3) is 6.58. The van der Waals surface area contributed by atoms with Gasteiger partial charge in [-0.15, -0.1) is 0 Å². The van der Waals surface area contributed by atoms with Crippen molar-refractivity contribution in [3.8, 4) is 5.75 Å². The molecule has 1 N–H and O–H groups in total.